The SMILES string of the molecule is CCN1C[C@]2(COC)CC[C@H](OC)C34[C@@H]5C[C@H]6[C@H](OC)[C@@H]5[C@@]5(C[C@@H]6OC)OCO[C@@]5([C@@H](O)[C@@H]32)[C@@H]14. The van der Waals surface area contributed by atoms with Crippen molar-refractivity contribution < 1.29 is 33.5 Å². The summed E-state index contributed by atoms with van der Waals surface area (Å²) in [6.07, 6.45) is 3.20. The van der Waals surface area contributed by atoms with Crippen molar-refractivity contribution in [2.75, 3.05) is 54.9 Å². The molecule has 0 radical (unpaired) electrons. The van der Waals surface area contributed by atoms with Crippen LogP contribution >= 0.6 is 0 Å². The number of likely N-dealkylation sites (tertiary alicyclic amines) is 1. The normalized spacial score (nSPS) is 61.1. The molecule has 2 saturated heterocycles. The Labute approximate surface area is 202 Å². The Morgan fingerprint density at radius 1 is 1.09 bits per heavy atom. The summed E-state index contributed by atoms with van der Waals surface area (Å²) >= 11 is 0. The van der Waals surface area contributed by atoms with E-state index in [1.54, 1.807) is 7.11 Å². The van der Waals surface area contributed by atoms with E-state index in [0.29, 0.717) is 18.4 Å². The lowest BCUT2D eigenvalue weighted by Gasteiger charge is -2.70. The molecule has 2 aliphatic heterocycles. The highest BCUT2D eigenvalue weighted by Gasteiger charge is 2.93. The second-order valence-electron chi connectivity index (χ2n) is 12.2. The summed E-state index contributed by atoms with van der Waals surface area (Å²) in [5, 5.41) is 12.6. The maximum absolute atomic E-state index is 12.6. The van der Waals surface area contributed by atoms with Crippen LogP contribution in [0.3, 0.4) is 0 Å². The molecule has 1 unspecified atom stereocenters. The Morgan fingerprint density at radius 3 is 2.59 bits per heavy atom. The number of likely N-dealkylation sites (N-methyl/N-ethyl adjacent to an activating group) is 1. The Balaban J connectivity index is 1.55. The van der Waals surface area contributed by atoms with Gasteiger partial charge in [-0.15, -0.1) is 0 Å². The van der Waals surface area contributed by atoms with Gasteiger partial charge in [0.05, 0.1) is 37.1 Å². The molecule has 7 aliphatic rings. The van der Waals surface area contributed by atoms with Crippen molar-refractivity contribution in [3.63, 3.8) is 0 Å². The molecule has 1 N–H and O–H groups in total. The van der Waals surface area contributed by atoms with E-state index in [0.717, 1.165) is 38.8 Å². The molecule has 192 valence electrons. The van der Waals surface area contributed by atoms with Crippen LogP contribution in [0.5, 0.6) is 0 Å². The average molecular weight is 480 g/mol. The maximum Gasteiger partial charge on any atom is 0.148 e. The van der Waals surface area contributed by atoms with Crippen molar-refractivity contribution in [3.05, 3.63) is 0 Å². The summed E-state index contributed by atoms with van der Waals surface area (Å²) in [6.45, 7) is 4.93. The summed E-state index contributed by atoms with van der Waals surface area (Å²) in [4.78, 5) is 2.61. The standard InChI is InChI=1S/C26H41NO7/c1-6-27-11-23(12-29-2)8-7-17(31-4)25-15-9-14-16(30-3)10-24(18(15)19(14)32-5)26(22(25)27,34-13-33-24)21(28)20(23)25/h14-22,28H,6-13H2,1-5H3/t14-,15-,16+,17+,18-,19+,20-,21+,22+,23+,24-,25?,26+/m1/s1. The summed E-state index contributed by atoms with van der Waals surface area (Å²) < 4.78 is 38.3. The van der Waals surface area contributed by atoms with E-state index in [4.69, 9.17) is 28.4 Å². The van der Waals surface area contributed by atoms with Gasteiger partial charge < -0.3 is 33.5 Å². The highest BCUT2D eigenvalue weighted by Crippen LogP contribution is 2.82. The monoisotopic (exact) mass is 479 g/mol. The van der Waals surface area contributed by atoms with Gasteiger partial charge in [-0.3, -0.25) is 4.90 Å². The highest BCUT2D eigenvalue weighted by atomic mass is 16.7. The predicted molar refractivity (Wildman–Crippen MR) is 121 cm³/mol. The van der Waals surface area contributed by atoms with E-state index in [1.807, 2.05) is 21.3 Å². The number of nitrogens with zero attached hydrogens (tertiary/aromatic N) is 1. The first-order valence-corrected chi connectivity index (χ1v) is 13.2. The lowest BCUT2D eigenvalue weighted by molar-refractivity contribution is -0.287. The minimum absolute atomic E-state index is 0.0240. The molecule has 7 bridgehead atoms. The molecule has 0 aromatic rings. The van der Waals surface area contributed by atoms with Gasteiger partial charge in [-0.2, -0.15) is 0 Å². The number of aliphatic hydroxyl groups excluding tert-OH is 1. The first-order chi connectivity index (χ1) is 16.5. The summed E-state index contributed by atoms with van der Waals surface area (Å²) in [5.41, 5.74) is -1.83. The number of methoxy groups -OCH3 is 4. The van der Waals surface area contributed by atoms with Crippen molar-refractivity contribution in [3.8, 4) is 0 Å². The molecule has 13 atom stereocenters. The Bertz CT molecular complexity index is 859. The zero-order chi connectivity index (χ0) is 23.7. The van der Waals surface area contributed by atoms with Gasteiger partial charge in [-0.25, -0.2) is 0 Å². The van der Waals surface area contributed by atoms with E-state index in [1.165, 1.54) is 0 Å². The number of piperidine rings is 1. The number of hydrogen-bond acceptors (Lipinski definition) is 8. The zero-order valence-electron chi connectivity index (χ0n) is 21.2. The van der Waals surface area contributed by atoms with Gasteiger partial charge >= 0.3 is 0 Å². The molecule has 5 saturated carbocycles. The third kappa shape index (κ3) is 2.05. The third-order valence-corrected chi connectivity index (χ3v) is 12.0. The molecule has 0 amide bonds. The minimum atomic E-state index is -0.825. The van der Waals surface area contributed by atoms with Gasteiger partial charge in [0, 0.05) is 70.0 Å². The quantitative estimate of drug-likeness (QED) is 0.611. The molecule has 3 spiro atoms. The zero-order valence-corrected chi connectivity index (χ0v) is 21.2. The first kappa shape index (κ1) is 22.8. The van der Waals surface area contributed by atoms with Crippen molar-refractivity contribution >= 4 is 0 Å². The van der Waals surface area contributed by atoms with Gasteiger partial charge in [0.15, 0.2) is 0 Å². The van der Waals surface area contributed by atoms with E-state index >= 15 is 0 Å². The maximum atomic E-state index is 12.6. The molecule has 8 nitrogen and oxygen atoms in total. The fraction of sp³-hybridized carbons (Fsp3) is 1.00. The van der Waals surface area contributed by atoms with Gasteiger partial charge in [0.1, 0.15) is 18.0 Å². The molecule has 34 heavy (non-hydrogen) atoms. The van der Waals surface area contributed by atoms with Gasteiger partial charge in [0.2, 0.25) is 0 Å². The summed E-state index contributed by atoms with van der Waals surface area (Å²) in [7, 11) is 7.32. The summed E-state index contributed by atoms with van der Waals surface area (Å²) in [5.74, 6) is 0.813. The minimum Gasteiger partial charge on any atom is -0.390 e. The summed E-state index contributed by atoms with van der Waals surface area (Å²) in [6, 6.07) is 0.0378. The lowest BCUT2D eigenvalue weighted by Crippen LogP contribution is -2.81. The van der Waals surface area contributed by atoms with E-state index in [-0.39, 0.29) is 53.8 Å². The number of hydrogen-bond donors (Lipinski definition) is 1. The Kier molecular flexibility index (Phi) is 4.81. The fourth-order valence-corrected chi connectivity index (χ4v) is 11.7. The van der Waals surface area contributed by atoms with Gasteiger partial charge in [-0.05, 0) is 31.7 Å². The number of aliphatic hydroxyl groups is 1. The first-order valence-electron chi connectivity index (χ1n) is 13.2. The van der Waals surface area contributed by atoms with Crippen LogP contribution < -0.4 is 0 Å². The van der Waals surface area contributed by atoms with Crippen LogP contribution in [-0.2, 0) is 28.4 Å². The van der Waals surface area contributed by atoms with Crippen LogP contribution in [0.4, 0.5) is 0 Å². The Morgan fingerprint density at radius 2 is 1.91 bits per heavy atom. The molecule has 7 rings (SSSR count). The number of fused-ring (bicyclic) bond motifs is 1. The van der Waals surface area contributed by atoms with Crippen LogP contribution in [0.15, 0.2) is 0 Å². The second-order valence-corrected chi connectivity index (χ2v) is 12.2. The van der Waals surface area contributed by atoms with Crippen molar-refractivity contribution in [2.45, 2.75) is 74.3 Å². The largest absolute Gasteiger partial charge is 0.390 e. The van der Waals surface area contributed by atoms with Crippen LogP contribution in [-0.4, -0.2) is 107 Å². The van der Waals surface area contributed by atoms with Crippen LogP contribution in [0, 0.1) is 34.5 Å². The second kappa shape index (κ2) is 7.16. The molecule has 0 aromatic carbocycles. The number of ether oxygens (including phenoxy) is 6. The van der Waals surface area contributed by atoms with Gasteiger partial charge in [0.25, 0.3) is 0 Å². The predicted octanol–water partition coefficient (Wildman–Crippen LogP) is 1.29. The van der Waals surface area contributed by atoms with Crippen LogP contribution in [0.25, 0.3) is 0 Å². The van der Waals surface area contributed by atoms with Crippen LogP contribution in [0.2, 0.25) is 0 Å². The fourth-order valence-electron chi connectivity index (χ4n) is 11.7. The van der Waals surface area contributed by atoms with Crippen molar-refractivity contribution in [1.29, 1.82) is 0 Å². The molecular weight excluding hydrogens is 438 g/mol. The van der Waals surface area contributed by atoms with Crippen LogP contribution in [0.1, 0.15) is 32.6 Å². The van der Waals surface area contributed by atoms with E-state index in [2.05, 4.69) is 11.8 Å². The third-order valence-electron chi connectivity index (χ3n) is 12.0. The molecular formula is C26H41NO7. The molecule has 0 aromatic heterocycles. The topological polar surface area (TPSA) is 78.9 Å². The van der Waals surface area contributed by atoms with Crippen molar-refractivity contribution in [1.82, 2.24) is 4.90 Å². The van der Waals surface area contributed by atoms with Gasteiger partial charge in [-0.1, -0.05) is 6.92 Å². The smallest absolute Gasteiger partial charge is 0.148 e. The highest BCUT2D eigenvalue weighted by molar-refractivity contribution is 5.42. The Hall–Kier alpha value is -0.320. The molecule has 8 heteroatoms. The molecule has 2 heterocycles. The van der Waals surface area contributed by atoms with Crippen molar-refractivity contribution in [2.24, 2.45) is 34.5 Å². The lowest BCUT2D eigenvalue weighted by atomic mass is 9.42. The number of rotatable bonds is 6. The van der Waals surface area contributed by atoms with E-state index in [9.17, 15) is 5.11 Å². The molecule has 5 aliphatic carbocycles. The van der Waals surface area contributed by atoms with E-state index < -0.39 is 17.3 Å². The molecule has 7 fully saturated rings. The average Bonchev–Trinajstić information content (AvgIpc) is 3.42.